The zero-order valence-electron chi connectivity index (χ0n) is 8.18. The number of carbonyl (C=O) groups excluding carboxylic acids is 1. The van der Waals surface area contributed by atoms with E-state index in [9.17, 15) is 4.79 Å². The first-order chi connectivity index (χ1) is 5.52. The van der Waals surface area contributed by atoms with Crippen molar-refractivity contribution in [2.24, 2.45) is 5.41 Å². The molecule has 0 spiro atoms. The van der Waals surface area contributed by atoms with Crippen LogP contribution in [-0.2, 0) is 4.79 Å². The third kappa shape index (κ3) is 5.47. The highest BCUT2D eigenvalue weighted by Crippen LogP contribution is 2.20. The number of amides is 1. The molecule has 0 fully saturated rings. The normalized spacial score (nSPS) is 11.3. The summed E-state index contributed by atoms with van der Waals surface area (Å²) in [5.74, 6) is 0.296. The van der Waals surface area contributed by atoms with E-state index in [0.717, 1.165) is 19.4 Å². The fourth-order valence-electron chi connectivity index (χ4n) is 1.16. The Morgan fingerprint density at radius 1 is 1.50 bits per heavy atom. The molecule has 0 rings (SSSR count). The first kappa shape index (κ1) is 11.8. The summed E-state index contributed by atoms with van der Waals surface area (Å²) < 4.78 is 0. The molecule has 0 aromatic heterocycles. The molecule has 0 bridgehead atoms. The fraction of sp³-hybridized carbons (Fsp3) is 0.889. The summed E-state index contributed by atoms with van der Waals surface area (Å²) in [6.45, 7) is 7.23. The van der Waals surface area contributed by atoms with Crippen LogP contribution in [-0.4, -0.2) is 18.2 Å². The maximum atomic E-state index is 10.9. The van der Waals surface area contributed by atoms with E-state index in [1.165, 1.54) is 0 Å². The van der Waals surface area contributed by atoms with Crippen molar-refractivity contribution in [3.05, 3.63) is 0 Å². The Morgan fingerprint density at radius 2 is 2.08 bits per heavy atom. The van der Waals surface area contributed by atoms with Gasteiger partial charge in [0.1, 0.15) is 0 Å². The smallest absolute Gasteiger partial charge is 0.229 e. The molecule has 0 aromatic carbocycles. The highest BCUT2D eigenvalue weighted by atomic mass is 32.1. The van der Waals surface area contributed by atoms with Gasteiger partial charge >= 0.3 is 0 Å². The first-order valence-electron chi connectivity index (χ1n) is 4.39. The second-order valence-electron chi connectivity index (χ2n) is 3.85. The van der Waals surface area contributed by atoms with Gasteiger partial charge in [-0.1, -0.05) is 27.2 Å². The van der Waals surface area contributed by atoms with Crippen molar-refractivity contribution in [2.75, 3.05) is 12.3 Å². The predicted molar refractivity (Wildman–Crippen MR) is 55.6 cm³/mol. The van der Waals surface area contributed by atoms with Crippen LogP contribution in [0.15, 0.2) is 0 Å². The minimum absolute atomic E-state index is 0.0162. The molecule has 1 amide bonds. The van der Waals surface area contributed by atoms with Crippen LogP contribution in [0.2, 0.25) is 0 Å². The SMILES string of the molecule is CCCC(C)(C)CNC(=O)CS. The van der Waals surface area contributed by atoms with Crippen molar-refractivity contribution in [1.82, 2.24) is 5.32 Å². The van der Waals surface area contributed by atoms with Gasteiger partial charge in [-0.05, 0) is 11.8 Å². The Bertz CT molecular complexity index is 145. The lowest BCUT2D eigenvalue weighted by Crippen LogP contribution is -2.34. The molecule has 0 saturated heterocycles. The van der Waals surface area contributed by atoms with E-state index in [1.807, 2.05) is 0 Å². The predicted octanol–water partition coefficient (Wildman–Crippen LogP) is 1.86. The third-order valence-electron chi connectivity index (χ3n) is 1.83. The Labute approximate surface area is 80.5 Å². The lowest BCUT2D eigenvalue weighted by molar-refractivity contribution is -0.119. The van der Waals surface area contributed by atoms with Crippen LogP contribution in [0.25, 0.3) is 0 Å². The molecule has 0 aliphatic heterocycles. The molecule has 0 heterocycles. The molecule has 0 saturated carbocycles. The maximum Gasteiger partial charge on any atom is 0.229 e. The molecular formula is C9H19NOS. The molecule has 12 heavy (non-hydrogen) atoms. The van der Waals surface area contributed by atoms with Gasteiger partial charge in [-0.3, -0.25) is 4.79 Å². The summed E-state index contributed by atoms with van der Waals surface area (Å²) in [5.41, 5.74) is 0.216. The van der Waals surface area contributed by atoms with Gasteiger partial charge in [0, 0.05) is 6.54 Å². The van der Waals surface area contributed by atoms with Crippen LogP contribution in [0.1, 0.15) is 33.6 Å². The molecule has 1 N–H and O–H groups in total. The summed E-state index contributed by atoms with van der Waals surface area (Å²) in [6, 6.07) is 0. The summed E-state index contributed by atoms with van der Waals surface area (Å²) in [4.78, 5) is 10.9. The zero-order valence-corrected chi connectivity index (χ0v) is 9.08. The van der Waals surface area contributed by atoms with E-state index in [2.05, 4.69) is 38.7 Å². The van der Waals surface area contributed by atoms with Gasteiger partial charge in [0.05, 0.1) is 5.75 Å². The molecule has 72 valence electrons. The van der Waals surface area contributed by atoms with Crippen molar-refractivity contribution < 1.29 is 4.79 Å². The van der Waals surface area contributed by atoms with Gasteiger partial charge in [-0.15, -0.1) is 0 Å². The topological polar surface area (TPSA) is 29.1 Å². The standard InChI is InChI=1S/C9H19NOS/c1-4-5-9(2,3)7-10-8(11)6-12/h12H,4-7H2,1-3H3,(H,10,11). The number of rotatable bonds is 5. The van der Waals surface area contributed by atoms with Crippen LogP contribution in [0, 0.1) is 5.41 Å². The van der Waals surface area contributed by atoms with Crippen LogP contribution in [0.5, 0.6) is 0 Å². The highest BCUT2D eigenvalue weighted by Gasteiger charge is 2.16. The number of hydrogen-bond acceptors (Lipinski definition) is 2. The second-order valence-corrected chi connectivity index (χ2v) is 4.17. The Hall–Kier alpha value is -0.180. The molecule has 0 aromatic rings. The number of carbonyl (C=O) groups is 1. The van der Waals surface area contributed by atoms with Gasteiger partial charge in [0.2, 0.25) is 5.91 Å². The Morgan fingerprint density at radius 3 is 2.50 bits per heavy atom. The molecule has 0 aliphatic carbocycles. The van der Waals surface area contributed by atoms with Gasteiger partial charge in [-0.2, -0.15) is 12.6 Å². The zero-order chi connectivity index (χ0) is 9.61. The van der Waals surface area contributed by atoms with Crippen LogP contribution >= 0.6 is 12.6 Å². The van der Waals surface area contributed by atoms with Crippen molar-refractivity contribution in [3.8, 4) is 0 Å². The van der Waals surface area contributed by atoms with Crippen molar-refractivity contribution in [1.29, 1.82) is 0 Å². The highest BCUT2D eigenvalue weighted by molar-refractivity contribution is 7.81. The van der Waals surface area contributed by atoms with Gasteiger partial charge in [0.15, 0.2) is 0 Å². The fourth-order valence-corrected chi connectivity index (χ4v) is 1.27. The van der Waals surface area contributed by atoms with Crippen LogP contribution in [0.4, 0.5) is 0 Å². The minimum Gasteiger partial charge on any atom is -0.355 e. The largest absolute Gasteiger partial charge is 0.355 e. The lowest BCUT2D eigenvalue weighted by atomic mass is 9.88. The molecule has 0 unspecified atom stereocenters. The van der Waals surface area contributed by atoms with Gasteiger partial charge in [-0.25, -0.2) is 0 Å². The molecule has 0 radical (unpaired) electrons. The van der Waals surface area contributed by atoms with E-state index in [1.54, 1.807) is 0 Å². The minimum atomic E-state index is 0.0162. The quantitative estimate of drug-likeness (QED) is 0.635. The average Bonchev–Trinajstić information content (AvgIpc) is 2.00. The third-order valence-corrected chi connectivity index (χ3v) is 2.12. The Balaban J connectivity index is 3.67. The second kappa shape index (κ2) is 5.46. The lowest BCUT2D eigenvalue weighted by Gasteiger charge is -2.23. The molecule has 2 nitrogen and oxygen atoms in total. The average molecular weight is 189 g/mol. The van der Waals surface area contributed by atoms with E-state index in [0.29, 0.717) is 0 Å². The van der Waals surface area contributed by atoms with Crippen LogP contribution < -0.4 is 5.32 Å². The number of nitrogens with one attached hydrogen (secondary N) is 1. The Kier molecular flexibility index (Phi) is 5.38. The van der Waals surface area contributed by atoms with Gasteiger partial charge in [0.25, 0.3) is 0 Å². The van der Waals surface area contributed by atoms with E-state index < -0.39 is 0 Å². The van der Waals surface area contributed by atoms with Crippen LogP contribution in [0.3, 0.4) is 0 Å². The van der Waals surface area contributed by atoms with E-state index >= 15 is 0 Å². The molecular weight excluding hydrogens is 170 g/mol. The van der Waals surface area contributed by atoms with Crippen molar-refractivity contribution >= 4 is 18.5 Å². The molecule has 0 aliphatic rings. The van der Waals surface area contributed by atoms with E-state index in [-0.39, 0.29) is 17.1 Å². The summed E-state index contributed by atoms with van der Waals surface area (Å²) >= 11 is 3.89. The number of hydrogen-bond donors (Lipinski definition) is 2. The monoisotopic (exact) mass is 189 g/mol. The first-order valence-corrected chi connectivity index (χ1v) is 5.02. The maximum absolute atomic E-state index is 10.9. The summed E-state index contributed by atoms with van der Waals surface area (Å²) in [6.07, 6.45) is 2.30. The number of thiol groups is 1. The molecule has 3 heteroatoms. The molecule has 0 atom stereocenters. The van der Waals surface area contributed by atoms with Crippen molar-refractivity contribution in [3.63, 3.8) is 0 Å². The summed E-state index contributed by atoms with van der Waals surface area (Å²) in [5, 5.41) is 2.84. The van der Waals surface area contributed by atoms with Gasteiger partial charge < -0.3 is 5.32 Å². The van der Waals surface area contributed by atoms with E-state index in [4.69, 9.17) is 0 Å². The summed E-state index contributed by atoms with van der Waals surface area (Å²) in [7, 11) is 0. The van der Waals surface area contributed by atoms with Crippen molar-refractivity contribution in [2.45, 2.75) is 33.6 Å².